The van der Waals surface area contributed by atoms with E-state index in [9.17, 15) is 23.1 Å². The van der Waals surface area contributed by atoms with Crippen LogP contribution in [0, 0.1) is 5.92 Å². The molecule has 1 aliphatic heterocycles. The first-order valence-corrected chi connectivity index (χ1v) is 7.64. The van der Waals surface area contributed by atoms with E-state index in [1.54, 1.807) is 17.9 Å². The molecule has 2 unspecified atom stereocenters. The molecule has 2 rings (SSSR count). The second-order valence-electron chi connectivity index (χ2n) is 5.95. The zero-order valence-electron chi connectivity index (χ0n) is 12.9. The summed E-state index contributed by atoms with van der Waals surface area (Å²) in [4.78, 5) is 13.7. The quantitative estimate of drug-likeness (QED) is 0.895. The van der Waals surface area contributed by atoms with Crippen molar-refractivity contribution in [2.45, 2.75) is 38.6 Å². The van der Waals surface area contributed by atoms with Gasteiger partial charge in [-0.05, 0) is 37.5 Å². The molecule has 0 bridgehead atoms. The molecule has 7 heteroatoms. The van der Waals surface area contributed by atoms with Crippen molar-refractivity contribution in [1.82, 2.24) is 10.2 Å². The van der Waals surface area contributed by atoms with Crippen LogP contribution in [0.4, 0.5) is 18.0 Å². The number of urea groups is 1. The van der Waals surface area contributed by atoms with E-state index in [1.165, 1.54) is 6.07 Å². The van der Waals surface area contributed by atoms with E-state index in [0.29, 0.717) is 18.7 Å². The maximum Gasteiger partial charge on any atom is 0.416 e. The standard InChI is InChI=1S/C16H21F3N2O2/c1-11(22)13-5-3-7-21(10-13)15(23)20-9-12-4-2-6-14(8-12)16(17,18)19/h2,4,6,8,11,13,22H,3,5,7,9-10H2,1H3,(H,20,23). The fourth-order valence-corrected chi connectivity index (χ4v) is 2.74. The van der Waals surface area contributed by atoms with Gasteiger partial charge in [0.1, 0.15) is 0 Å². The van der Waals surface area contributed by atoms with Gasteiger partial charge in [0, 0.05) is 25.6 Å². The number of amides is 2. The molecule has 0 radical (unpaired) electrons. The van der Waals surface area contributed by atoms with Gasteiger partial charge >= 0.3 is 12.2 Å². The van der Waals surface area contributed by atoms with E-state index < -0.39 is 17.8 Å². The summed E-state index contributed by atoms with van der Waals surface area (Å²) in [6.45, 7) is 2.80. The molecular weight excluding hydrogens is 309 g/mol. The predicted octanol–water partition coefficient (Wildman–Crippen LogP) is 3.01. The van der Waals surface area contributed by atoms with Crippen LogP contribution in [-0.2, 0) is 12.7 Å². The van der Waals surface area contributed by atoms with Gasteiger partial charge in [-0.15, -0.1) is 0 Å². The van der Waals surface area contributed by atoms with Crippen LogP contribution in [0.5, 0.6) is 0 Å². The van der Waals surface area contributed by atoms with Gasteiger partial charge in [0.2, 0.25) is 0 Å². The predicted molar refractivity (Wildman–Crippen MR) is 79.7 cm³/mol. The largest absolute Gasteiger partial charge is 0.416 e. The number of hydrogen-bond donors (Lipinski definition) is 2. The molecule has 1 heterocycles. The van der Waals surface area contributed by atoms with E-state index in [2.05, 4.69) is 5.32 Å². The third-order valence-corrected chi connectivity index (χ3v) is 4.13. The van der Waals surface area contributed by atoms with Crippen molar-refractivity contribution in [2.75, 3.05) is 13.1 Å². The Labute approximate surface area is 133 Å². The Morgan fingerprint density at radius 2 is 2.22 bits per heavy atom. The molecule has 1 aromatic carbocycles. The minimum Gasteiger partial charge on any atom is -0.393 e. The summed E-state index contributed by atoms with van der Waals surface area (Å²) in [6, 6.07) is 4.60. The molecule has 0 saturated carbocycles. The Balaban J connectivity index is 1.92. The van der Waals surface area contributed by atoms with Crippen molar-refractivity contribution in [3.63, 3.8) is 0 Å². The topological polar surface area (TPSA) is 52.6 Å². The number of carbonyl (C=O) groups is 1. The van der Waals surface area contributed by atoms with Gasteiger partial charge in [-0.3, -0.25) is 0 Å². The third kappa shape index (κ3) is 4.86. The van der Waals surface area contributed by atoms with Gasteiger partial charge < -0.3 is 15.3 Å². The number of halogens is 3. The van der Waals surface area contributed by atoms with Crippen LogP contribution in [0.25, 0.3) is 0 Å². The SMILES string of the molecule is CC(O)C1CCCN(C(=O)NCc2cccc(C(F)(F)F)c2)C1. The highest BCUT2D eigenvalue weighted by Crippen LogP contribution is 2.29. The van der Waals surface area contributed by atoms with Crippen molar-refractivity contribution in [3.05, 3.63) is 35.4 Å². The summed E-state index contributed by atoms with van der Waals surface area (Å²) in [5.74, 6) is 0.0445. The number of nitrogens with zero attached hydrogens (tertiary/aromatic N) is 1. The lowest BCUT2D eigenvalue weighted by molar-refractivity contribution is -0.137. The van der Waals surface area contributed by atoms with Crippen LogP contribution in [-0.4, -0.2) is 35.2 Å². The fourth-order valence-electron chi connectivity index (χ4n) is 2.74. The van der Waals surface area contributed by atoms with Gasteiger partial charge in [0.15, 0.2) is 0 Å². The highest BCUT2D eigenvalue weighted by atomic mass is 19.4. The molecule has 1 saturated heterocycles. The lowest BCUT2D eigenvalue weighted by atomic mass is 9.94. The number of rotatable bonds is 3. The van der Waals surface area contributed by atoms with Crippen LogP contribution < -0.4 is 5.32 Å². The highest BCUT2D eigenvalue weighted by Gasteiger charge is 2.30. The van der Waals surface area contributed by atoms with Gasteiger partial charge in [-0.2, -0.15) is 13.2 Å². The minimum atomic E-state index is -4.39. The molecule has 1 fully saturated rings. The lowest BCUT2D eigenvalue weighted by Crippen LogP contribution is -2.47. The molecule has 2 amide bonds. The zero-order chi connectivity index (χ0) is 17.0. The summed E-state index contributed by atoms with van der Waals surface area (Å²) < 4.78 is 38.0. The highest BCUT2D eigenvalue weighted by molar-refractivity contribution is 5.74. The molecule has 1 aliphatic rings. The van der Waals surface area contributed by atoms with Gasteiger partial charge in [-0.25, -0.2) is 4.79 Å². The molecule has 0 aliphatic carbocycles. The first-order valence-electron chi connectivity index (χ1n) is 7.64. The average molecular weight is 330 g/mol. The number of alkyl halides is 3. The maximum atomic E-state index is 12.7. The van der Waals surface area contributed by atoms with E-state index in [-0.39, 0.29) is 18.5 Å². The first kappa shape index (κ1) is 17.6. The Morgan fingerprint density at radius 1 is 1.48 bits per heavy atom. The molecule has 2 N–H and O–H groups in total. The second-order valence-corrected chi connectivity index (χ2v) is 5.95. The van der Waals surface area contributed by atoms with Crippen LogP contribution in [0.1, 0.15) is 30.9 Å². The van der Waals surface area contributed by atoms with Crippen molar-refractivity contribution >= 4 is 6.03 Å². The average Bonchev–Trinajstić information content (AvgIpc) is 2.52. The fraction of sp³-hybridized carbons (Fsp3) is 0.562. The molecule has 23 heavy (non-hydrogen) atoms. The summed E-state index contributed by atoms with van der Waals surface area (Å²) >= 11 is 0. The van der Waals surface area contributed by atoms with Gasteiger partial charge in [0.05, 0.1) is 11.7 Å². The van der Waals surface area contributed by atoms with Crippen molar-refractivity contribution in [1.29, 1.82) is 0 Å². The van der Waals surface area contributed by atoms with Crippen LogP contribution in [0.2, 0.25) is 0 Å². The number of hydrogen-bond acceptors (Lipinski definition) is 2. The van der Waals surface area contributed by atoms with E-state index >= 15 is 0 Å². The van der Waals surface area contributed by atoms with Gasteiger partial charge in [-0.1, -0.05) is 12.1 Å². The van der Waals surface area contributed by atoms with Crippen LogP contribution in [0.3, 0.4) is 0 Å². The molecule has 0 spiro atoms. The minimum absolute atomic E-state index is 0.0403. The number of likely N-dealkylation sites (tertiary alicyclic amines) is 1. The van der Waals surface area contributed by atoms with Crippen LogP contribution in [0.15, 0.2) is 24.3 Å². The number of benzene rings is 1. The Bertz CT molecular complexity index is 546. The normalized spacial score (nSPS) is 20.2. The van der Waals surface area contributed by atoms with E-state index in [4.69, 9.17) is 0 Å². The summed E-state index contributed by atoms with van der Waals surface area (Å²) in [6.07, 6.45) is -3.19. The van der Waals surface area contributed by atoms with Crippen LogP contribution >= 0.6 is 0 Å². The molecule has 128 valence electrons. The molecule has 4 nitrogen and oxygen atoms in total. The van der Waals surface area contributed by atoms with Crippen molar-refractivity contribution < 1.29 is 23.1 Å². The summed E-state index contributed by atoms with van der Waals surface area (Å²) in [7, 11) is 0. The number of aliphatic hydroxyl groups excluding tert-OH is 1. The summed E-state index contributed by atoms with van der Waals surface area (Å²) in [5.41, 5.74) is -0.325. The number of piperidine rings is 1. The maximum absolute atomic E-state index is 12.7. The number of carbonyl (C=O) groups excluding carboxylic acids is 1. The van der Waals surface area contributed by atoms with Gasteiger partial charge in [0.25, 0.3) is 0 Å². The second kappa shape index (κ2) is 7.21. The summed E-state index contributed by atoms with van der Waals surface area (Å²) in [5, 5.41) is 12.3. The van der Waals surface area contributed by atoms with E-state index in [1.807, 2.05) is 0 Å². The lowest BCUT2D eigenvalue weighted by Gasteiger charge is -2.34. The Morgan fingerprint density at radius 3 is 2.87 bits per heavy atom. The van der Waals surface area contributed by atoms with Crippen molar-refractivity contribution in [3.8, 4) is 0 Å². The third-order valence-electron chi connectivity index (χ3n) is 4.13. The molecular formula is C16H21F3N2O2. The van der Waals surface area contributed by atoms with E-state index in [0.717, 1.165) is 25.0 Å². The Hall–Kier alpha value is -1.76. The number of aliphatic hydroxyl groups is 1. The van der Waals surface area contributed by atoms with Crippen molar-refractivity contribution in [2.24, 2.45) is 5.92 Å². The Kier molecular flexibility index (Phi) is 5.51. The smallest absolute Gasteiger partial charge is 0.393 e. The molecule has 2 atom stereocenters. The zero-order valence-corrected chi connectivity index (χ0v) is 12.9. The molecule has 1 aromatic rings. The first-order chi connectivity index (χ1) is 10.8. The number of nitrogens with one attached hydrogen (secondary N) is 1. The molecule has 0 aromatic heterocycles. The monoisotopic (exact) mass is 330 g/mol.